The normalized spacial score (nSPS) is 10.4. The lowest BCUT2D eigenvalue weighted by molar-refractivity contribution is 0.862. The van der Waals surface area contributed by atoms with E-state index in [2.05, 4.69) is 4.75 Å². The molecular weight excluding hydrogens is 111 g/mol. The van der Waals surface area contributed by atoms with Crippen LogP contribution >= 0.6 is 8.35 Å². The lowest BCUT2D eigenvalue weighted by Gasteiger charge is -1.75. The number of aryl methyl sites for hydroxylation is 1. The molecule has 0 aliphatic carbocycles. The van der Waals surface area contributed by atoms with Gasteiger partial charge in [0.25, 0.3) is 0 Å². The zero-order chi connectivity index (χ0) is 5.28. The van der Waals surface area contributed by atoms with Crippen LogP contribution in [0.3, 0.4) is 0 Å². The van der Waals surface area contributed by atoms with E-state index in [1.807, 2.05) is 0 Å². The number of aromatic nitrogens is 2. The first-order valence-corrected chi connectivity index (χ1v) is 2.83. The van der Waals surface area contributed by atoms with Crippen molar-refractivity contribution in [3.8, 4) is 0 Å². The molecule has 0 saturated carbocycles. The summed E-state index contributed by atoms with van der Waals surface area (Å²) in [5.41, 5.74) is -0.0262. The Bertz CT molecular complexity index is 201. The predicted molar refractivity (Wildman–Crippen MR) is 28.5 cm³/mol. The molecule has 0 aromatic carbocycles. The Labute approximate surface area is 42.2 Å². The number of aromatic amines is 1. The molecule has 38 valence electrons. The van der Waals surface area contributed by atoms with Crippen molar-refractivity contribution >= 4 is 8.35 Å². The summed E-state index contributed by atoms with van der Waals surface area (Å²) < 4.78 is 4.09. The second-order valence-corrected chi connectivity index (χ2v) is 1.99. The van der Waals surface area contributed by atoms with Crippen LogP contribution in [0.2, 0.25) is 0 Å². The smallest absolute Gasteiger partial charge is 0.298 e. The summed E-state index contributed by atoms with van der Waals surface area (Å²) in [6, 6.07) is 0. The van der Waals surface area contributed by atoms with Gasteiger partial charge in [0.1, 0.15) is 0 Å². The summed E-state index contributed by atoms with van der Waals surface area (Å²) in [7, 11) is 2.60. The van der Waals surface area contributed by atoms with Crippen LogP contribution in [0.1, 0.15) is 0 Å². The number of hydrogen-bond acceptors (Lipinski definition) is 1. The third-order valence-electron chi connectivity index (χ3n) is 0.711. The number of nitrogens with one attached hydrogen (secondary N) is 1. The van der Waals surface area contributed by atoms with E-state index >= 15 is 0 Å². The number of nitrogens with zero attached hydrogens (tertiary/aromatic N) is 1. The van der Waals surface area contributed by atoms with E-state index in [-0.39, 0.29) is 5.69 Å². The van der Waals surface area contributed by atoms with Crippen LogP contribution in [0, 0.1) is 0 Å². The molecule has 0 atom stereocenters. The predicted octanol–water partition coefficient (Wildman–Crippen LogP) is 0.293. The molecule has 0 aliphatic rings. The van der Waals surface area contributed by atoms with Crippen LogP contribution in [-0.4, -0.2) is 9.31 Å². The molecular formula is C3H5N2OP. The fourth-order valence-electron chi connectivity index (χ4n) is 0.302. The maximum absolute atomic E-state index is 10.4. The van der Waals surface area contributed by atoms with Crippen LogP contribution in [-0.2, 0) is 7.05 Å². The van der Waals surface area contributed by atoms with Crippen molar-refractivity contribution in [2.24, 2.45) is 7.05 Å². The minimum atomic E-state index is -0.0262. The van der Waals surface area contributed by atoms with Gasteiger partial charge in [-0.25, -0.2) is 4.79 Å². The van der Waals surface area contributed by atoms with Gasteiger partial charge in [0.15, 0.2) is 0 Å². The van der Waals surface area contributed by atoms with E-state index < -0.39 is 0 Å². The Morgan fingerprint density at radius 2 is 2.71 bits per heavy atom. The van der Waals surface area contributed by atoms with Crippen LogP contribution in [0.25, 0.3) is 0 Å². The first-order chi connectivity index (χ1) is 3.30. The molecule has 0 radical (unpaired) electrons. The average molecular weight is 116 g/mol. The van der Waals surface area contributed by atoms with Gasteiger partial charge in [0.05, 0.1) is 5.93 Å². The average Bonchev–Trinajstić information content (AvgIpc) is 1.91. The second-order valence-electron chi connectivity index (χ2n) is 1.27. The van der Waals surface area contributed by atoms with Crippen molar-refractivity contribution in [1.29, 1.82) is 0 Å². The fraction of sp³-hybridized carbons (Fsp3) is 0.333. The Balaban J connectivity index is 3.39. The number of hydrogen-bond donors (Lipinski definition) is 1. The van der Waals surface area contributed by atoms with Gasteiger partial charge < -0.3 is 0 Å². The zero-order valence-corrected chi connectivity index (χ0v) is 4.77. The topological polar surface area (TPSA) is 37.8 Å². The molecule has 1 N–H and O–H groups in total. The fourth-order valence-corrected chi connectivity index (χ4v) is 0.906. The highest BCUT2D eigenvalue weighted by Gasteiger charge is 1.81. The standard InChI is InChI=1S/C3H5N2OP/c1-5-2-7-4-3(5)6/h2H,1H3,(H,4,6). The van der Waals surface area contributed by atoms with E-state index in [0.29, 0.717) is 0 Å². The van der Waals surface area contributed by atoms with E-state index in [0.717, 1.165) is 8.35 Å². The lowest BCUT2D eigenvalue weighted by Crippen LogP contribution is -2.10. The van der Waals surface area contributed by atoms with Gasteiger partial charge in [-0.2, -0.15) is 0 Å². The second kappa shape index (κ2) is 1.51. The summed E-state index contributed by atoms with van der Waals surface area (Å²) in [5.74, 6) is 1.77. The molecule has 1 aromatic rings. The molecule has 0 bridgehead atoms. The van der Waals surface area contributed by atoms with Gasteiger partial charge in [0, 0.05) is 15.4 Å². The molecule has 0 fully saturated rings. The van der Waals surface area contributed by atoms with Gasteiger partial charge >= 0.3 is 5.69 Å². The summed E-state index contributed by atoms with van der Waals surface area (Å²) in [6.07, 6.45) is 0. The van der Waals surface area contributed by atoms with Gasteiger partial charge in [-0.15, -0.1) is 0 Å². The van der Waals surface area contributed by atoms with E-state index in [1.54, 1.807) is 13.0 Å². The van der Waals surface area contributed by atoms with Gasteiger partial charge in [-0.1, -0.05) is 0 Å². The third-order valence-corrected chi connectivity index (χ3v) is 1.49. The Hall–Kier alpha value is -0.560. The van der Waals surface area contributed by atoms with Crippen LogP contribution < -0.4 is 5.69 Å². The van der Waals surface area contributed by atoms with Crippen molar-refractivity contribution < 1.29 is 0 Å². The third kappa shape index (κ3) is 0.722. The summed E-state index contributed by atoms with van der Waals surface area (Å²) in [4.78, 5) is 10.4. The summed E-state index contributed by atoms with van der Waals surface area (Å²) >= 11 is 0. The SMILES string of the molecule is Cn1cp[nH]c1=O. The Morgan fingerprint density at radius 3 is 2.86 bits per heavy atom. The van der Waals surface area contributed by atoms with Crippen LogP contribution in [0.5, 0.6) is 0 Å². The maximum Gasteiger partial charge on any atom is 0.329 e. The molecule has 1 heterocycles. The molecule has 1 aromatic heterocycles. The minimum absolute atomic E-state index is 0.0262. The zero-order valence-electron chi connectivity index (χ0n) is 3.88. The molecule has 1 rings (SSSR count). The summed E-state index contributed by atoms with van der Waals surface area (Å²) in [6.45, 7) is 0. The molecule has 7 heavy (non-hydrogen) atoms. The van der Waals surface area contributed by atoms with Crippen molar-refractivity contribution in [2.75, 3.05) is 0 Å². The molecule has 0 aliphatic heterocycles. The first kappa shape index (κ1) is 4.60. The molecule has 0 amide bonds. The van der Waals surface area contributed by atoms with Gasteiger partial charge in [-0.05, 0) is 0 Å². The van der Waals surface area contributed by atoms with E-state index in [1.165, 1.54) is 4.57 Å². The highest BCUT2D eigenvalue weighted by molar-refractivity contribution is 7.24. The Kier molecular flexibility index (Phi) is 0.988. The maximum atomic E-state index is 10.4. The number of H-pyrrole nitrogens is 1. The van der Waals surface area contributed by atoms with Crippen molar-refractivity contribution in [3.05, 3.63) is 16.4 Å². The van der Waals surface area contributed by atoms with Gasteiger partial charge in [-0.3, -0.25) is 9.31 Å². The van der Waals surface area contributed by atoms with Crippen LogP contribution in [0.15, 0.2) is 10.7 Å². The summed E-state index contributed by atoms with van der Waals surface area (Å²) in [5, 5.41) is 0. The first-order valence-electron chi connectivity index (χ1n) is 1.86. The molecule has 0 unspecified atom stereocenters. The monoisotopic (exact) mass is 116 g/mol. The van der Waals surface area contributed by atoms with Gasteiger partial charge in [0.2, 0.25) is 0 Å². The highest BCUT2D eigenvalue weighted by atomic mass is 31.0. The molecule has 0 saturated heterocycles. The lowest BCUT2D eigenvalue weighted by atomic mass is 11.1. The van der Waals surface area contributed by atoms with Crippen molar-refractivity contribution in [1.82, 2.24) is 9.31 Å². The molecule has 3 nitrogen and oxygen atoms in total. The minimum Gasteiger partial charge on any atom is -0.298 e. The quantitative estimate of drug-likeness (QED) is 0.519. The van der Waals surface area contributed by atoms with Crippen molar-refractivity contribution in [2.45, 2.75) is 0 Å². The largest absolute Gasteiger partial charge is 0.329 e. The number of rotatable bonds is 0. The molecule has 0 spiro atoms. The van der Waals surface area contributed by atoms with E-state index in [9.17, 15) is 4.79 Å². The highest BCUT2D eigenvalue weighted by Crippen LogP contribution is 1.87. The molecule has 4 heteroatoms. The van der Waals surface area contributed by atoms with Crippen molar-refractivity contribution in [3.63, 3.8) is 0 Å². The van der Waals surface area contributed by atoms with Crippen LogP contribution in [0.4, 0.5) is 0 Å². The van der Waals surface area contributed by atoms with E-state index in [4.69, 9.17) is 0 Å². The Morgan fingerprint density at radius 1 is 2.00 bits per heavy atom.